The molecular formula is C16H12F2O2. The molecule has 0 aromatic heterocycles. The average molecular weight is 274 g/mol. The Morgan fingerprint density at radius 3 is 1.80 bits per heavy atom. The van der Waals surface area contributed by atoms with Gasteiger partial charge in [0.1, 0.15) is 0 Å². The number of benzene rings is 2. The minimum Gasteiger partial charge on any atom is -0.294 e. The van der Waals surface area contributed by atoms with Crippen LogP contribution >= 0.6 is 0 Å². The third-order valence-electron chi connectivity index (χ3n) is 2.90. The molecule has 0 amide bonds. The van der Waals surface area contributed by atoms with Crippen LogP contribution in [0.3, 0.4) is 0 Å². The van der Waals surface area contributed by atoms with Crippen molar-refractivity contribution in [1.82, 2.24) is 0 Å². The number of rotatable bonds is 5. The van der Waals surface area contributed by atoms with Gasteiger partial charge in [0.25, 0.3) is 6.43 Å². The number of carbonyl (C=O) groups excluding carboxylic acids is 2. The predicted molar refractivity (Wildman–Crippen MR) is 71.1 cm³/mol. The molecule has 2 nitrogen and oxygen atoms in total. The number of alkyl halides is 2. The van der Waals surface area contributed by atoms with E-state index in [1.54, 1.807) is 30.3 Å². The first-order chi connectivity index (χ1) is 9.58. The van der Waals surface area contributed by atoms with E-state index >= 15 is 0 Å². The normalized spacial score (nSPS) is 10.6. The highest BCUT2D eigenvalue weighted by Gasteiger charge is 2.14. The summed E-state index contributed by atoms with van der Waals surface area (Å²) in [4.78, 5) is 23.8. The minimum absolute atomic E-state index is 0.143. The Labute approximate surface area is 115 Å². The summed E-state index contributed by atoms with van der Waals surface area (Å²) in [6, 6.07) is 13.5. The number of hydrogen-bond donors (Lipinski definition) is 0. The Morgan fingerprint density at radius 1 is 0.800 bits per heavy atom. The molecule has 0 spiro atoms. The Kier molecular flexibility index (Phi) is 4.35. The summed E-state index contributed by atoms with van der Waals surface area (Å²) in [6.45, 7) is 0. The molecule has 0 N–H and O–H groups in total. The molecule has 4 heteroatoms. The van der Waals surface area contributed by atoms with Crippen molar-refractivity contribution in [2.75, 3.05) is 0 Å². The topological polar surface area (TPSA) is 34.1 Å². The van der Waals surface area contributed by atoms with E-state index in [0.29, 0.717) is 5.56 Å². The van der Waals surface area contributed by atoms with Crippen LogP contribution in [0.4, 0.5) is 8.78 Å². The van der Waals surface area contributed by atoms with E-state index in [4.69, 9.17) is 0 Å². The molecule has 2 rings (SSSR count). The number of Topliss-reactive ketones (excluding diaryl/α,β-unsaturated/α-hetero) is 2. The molecule has 0 heterocycles. The lowest BCUT2D eigenvalue weighted by Gasteiger charge is -2.03. The van der Waals surface area contributed by atoms with Gasteiger partial charge in [-0.3, -0.25) is 9.59 Å². The van der Waals surface area contributed by atoms with Gasteiger partial charge >= 0.3 is 0 Å². The van der Waals surface area contributed by atoms with Crippen molar-refractivity contribution in [3.8, 4) is 0 Å². The predicted octanol–water partition coefficient (Wildman–Crippen LogP) is 4.08. The standard InChI is InChI=1S/C16H12F2O2/c17-16(18)13-8-6-12(7-9-13)15(20)10-14(19)11-4-2-1-3-5-11/h1-9,16H,10H2. The molecule has 0 fully saturated rings. The first-order valence-corrected chi connectivity index (χ1v) is 6.07. The fraction of sp³-hybridized carbons (Fsp3) is 0.125. The fourth-order valence-corrected chi connectivity index (χ4v) is 1.79. The smallest absolute Gasteiger partial charge is 0.263 e. The van der Waals surface area contributed by atoms with Gasteiger partial charge in [-0.2, -0.15) is 0 Å². The lowest BCUT2D eigenvalue weighted by Crippen LogP contribution is -2.08. The summed E-state index contributed by atoms with van der Waals surface area (Å²) in [5.41, 5.74) is 0.583. The third-order valence-corrected chi connectivity index (χ3v) is 2.90. The van der Waals surface area contributed by atoms with Crippen molar-refractivity contribution >= 4 is 11.6 Å². The zero-order valence-electron chi connectivity index (χ0n) is 10.6. The molecule has 2 aromatic rings. The summed E-state index contributed by atoms with van der Waals surface area (Å²) >= 11 is 0. The summed E-state index contributed by atoms with van der Waals surface area (Å²) < 4.78 is 24.8. The maximum absolute atomic E-state index is 12.4. The van der Waals surface area contributed by atoms with E-state index in [2.05, 4.69) is 0 Å². The van der Waals surface area contributed by atoms with Crippen molar-refractivity contribution < 1.29 is 18.4 Å². The molecule has 0 unspecified atom stereocenters. The molecule has 102 valence electrons. The van der Waals surface area contributed by atoms with E-state index in [1.807, 2.05) is 0 Å². The maximum atomic E-state index is 12.4. The van der Waals surface area contributed by atoms with Crippen LogP contribution in [0.1, 0.15) is 39.1 Å². The molecule has 0 atom stereocenters. The molecule has 0 aliphatic carbocycles. The second kappa shape index (κ2) is 6.19. The zero-order valence-corrected chi connectivity index (χ0v) is 10.6. The van der Waals surface area contributed by atoms with Crippen LogP contribution in [0.5, 0.6) is 0 Å². The molecule has 0 aliphatic rings. The van der Waals surface area contributed by atoms with Crippen molar-refractivity contribution in [3.05, 3.63) is 71.3 Å². The van der Waals surface area contributed by atoms with Crippen LogP contribution in [-0.2, 0) is 0 Å². The molecule has 20 heavy (non-hydrogen) atoms. The van der Waals surface area contributed by atoms with Gasteiger partial charge in [-0.1, -0.05) is 54.6 Å². The SMILES string of the molecule is O=C(CC(=O)c1ccc(C(F)F)cc1)c1ccccc1. The van der Waals surface area contributed by atoms with Crippen LogP contribution < -0.4 is 0 Å². The van der Waals surface area contributed by atoms with E-state index in [-0.39, 0.29) is 29.1 Å². The quantitative estimate of drug-likeness (QED) is 0.608. The van der Waals surface area contributed by atoms with Gasteiger partial charge in [-0.05, 0) is 0 Å². The van der Waals surface area contributed by atoms with Gasteiger partial charge in [0.05, 0.1) is 6.42 Å². The maximum Gasteiger partial charge on any atom is 0.263 e. The molecule has 0 saturated carbocycles. The summed E-state index contributed by atoms with van der Waals surface area (Å²) in [5, 5.41) is 0. The minimum atomic E-state index is -2.56. The average Bonchev–Trinajstić information content (AvgIpc) is 2.48. The molecule has 0 radical (unpaired) electrons. The number of ketones is 2. The monoisotopic (exact) mass is 274 g/mol. The van der Waals surface area contributed by atoms with Crippen LogP contribution in [0.2, 0.25) is 0 Å². The van der Waals surface area contributed by atoms with Crippen molar-refractivity contribution in [2.45, 2.75) is 12.8 Å². The molecule has 0 bridgehead atoms. The summed E-state index contributed by atoms with van der Waals surface area (Å²) in [6.07, 6.45) is -2.83. The van der Waals surface area contributed by atoms with Crippen molar-refractivity contribution in [1.29, 1.82) is 0 Å². The highest BCUT2D eigenvalue weighted by Crippen LogP contribution is 2.19. The third kappa shape index (κ3) is 3.35. The van der Waals surface area contributed by atoms with Gasteiger partial charge in [0.2, 0.25) is 0 Å². The number of carbonyl (C=O) groups is 2. The largest absolute Gasteiger partial charge is 0.294 e. The fourth-order valence-electron chi connectivity index (χ4n) is 1.79. The van der Waals surface area contributed by atoms with Gasteiger partial charge in [0, 0.05) is 16.7 Å². The lowest BCUT2D eigenvalue weighted by molar-refractivity contribution is 0.0894. The Morgan fingerprint density at radius 2 is 1.30 bits per heavy atom. The van der Waals surface area contributed by atoms with Crippen LogP contribution in [0, 0.1) is 0 Å². The molecule has 0 saturated heterocycles. The second-order valence-corrected chi connectivity index (χ2v) is 4.31. The second-order valence-electron chi connectivity index (χ2n) is 4.31. The van der Waals surface area contributed by atoms with Gasteiger partial charge in [0.15, 0.2) is 11.6 Å². The highest BCUT2D eigenvalue weighted by molar-refractivity contribution is 6.13. The first-order valence-electron chi connectivity index (χ1n) is 6.07. The van der Waals surface area contributed by atoms with E-state index in [9.17, 15) is 18.4 Å². The van der Waals surface area contributed by atoms with Gasteiger partial charge in [-0.25, -0.2) is 8.78 Å². The summed E-state index contributed by atoms with van der Waals surface area (Å²) in [7, 11) is 0. The van der Waals surface area contributed by atoms with E-state index < -0.39 is 6.43 Å². The van der Waals surface area contributed by atoms with Crippen LogP contribution in [0.15, 0.2) is 54.6 Å². The molecule has 2 aromatic carbocycles. The van der Waals surface area contributed by atoms with Crippen molar-refractivity contribution in [2.24, 2.45) is 0 Å². The van der Waals surface area contributed by atoms with Crippen molar-refractivity contribution in [3.63, 3.8) is 0 Å². The zero-order chi connectivity index (χ0) is 14.5. The van der Waals surface area contributed by atoms with E-state index in [0.717, 1.165) is 0 Å². The first kappa shape index (κ1) is 14.1. The Bertz CT molecular complexity index is 604. The highest BCUT2D eigenvalue weighted by atomic mass is 19.3. The lowest BCUT2D eigenvalue weighted by atomic mass is 10.0. The van der Waals surface area contributed by atoms with Crippen LogP contribution in [0.25, 0.3) is 0 Å². The number of hydrogen-bond acceptors (Lipinski definition) is 2. The molecular weight excluding hydrogens is 262 g/mol. The number of halogens is 2. The Hall–Kier alpha value is -2.36. The Balaban J connectivity index is 2.07. The van der Waals surface area contributed by atoms with E-state index in [1.165, 1.54) is 24.3 Å². The molecule has 0 aliphatic heterocycles. The van der Waals surface area contributed by atoms with Gasteiger partial charge < -0.3 is 0 Å². The van der Waals surface area contributed by atoms with Crippen LogP contribution in [-0.4, -0.2) is 11.6 Å². The summed E-state index contributed by atoms with van der Waals surface area (Å²) in [5.74, 6) is -0.659. The van der Waals surface area contributed by atoms with Gasteiger partial charge in [-0.15, -0.1) is 0 Å².